The fraction of sp³-hybridized carbons (Fsp3) is 0.333. The SMILES string of the molecule is C=C(CC)COc1cc(C)c(S(=O)(=O)Cl)cc1[N+](=O)[O-]. The molecule has 0 unspecified atom stereocenters. The molecular weight excluding hydrogens is 306 g/mol. The van der Waals surface area contributed by atoms with E-state index in [0.29, 0.717) is 6.42 Å². The minimum Gasteiger partial charge on any atom is -0.482 e. The normalized spacial score (nSPS) is 11.2. The molecule has 1 aromatic rings. The van der Waals surface area contributed by atoms with Crippen molar-refractivity contribution in [2.24, 2.45) is 0 Å². The van der Waals surface area contributed by atoms with Crippen LogP contribution in [0.25, 0.3) is 0 Å². The van der Waals surface area contributed by atoms with Crippen LogP contribution in [0, 0.1) is 17.0 Å². The van der Waals surface area contributed by atoms with Crippen molar-refractivity contribution in [3.8, 4) is 5.75 Å². The zero-order valence-electron chi connectivity index (χ0n) is 11.1. The van der Waals surface area contributed by atoms with E-state index in [2.05, 4.69) is 6.58 Å². The Morgan fingerprint density at radius 2 is 2.10 bits per heavy atom. The summed E-state index contributed by atoms with van der Waals surface area (Å²) >= 11 is 0. The van der Waals surface area contributed by atoms with E-state index in [9.17, 15) is 18.5 Å². The van der Waals surface area contributed by atoms with Gasteiger partial charge in [0.1, 0.15) is 6.61 Å². The van der Waals surface area contributed by atoms with Crippen LogP contribution in [0.4, 0.5) is 5.69 Å². The van der Waals surface area contributed by atoms with Gasteiger partial charge < -0.3 is 4.74 Å². The van der Waals surface area contributed by atoms with E-state index in [1.165, 1.54) is 13.0 Å². The third-order valence-electron chi connectivity index (χ3n) is 2.65. The highest BCUT2D eigenvalue weighted by molar-refractivity contribution is 8.13. The van der Waals surface area contributed by atoms with Gasteiger partial charge in [0.25, 0.3) is 9.05 Å². The fourth-order valence-electron chi connectivity index (χ4n) is 1.45. The van der Waals surface area contributed by atoms with Gasteiger partial charge in [0, 0.05) is 16.7 Å². The number of nitro benzene ring substituents is 1. The monoisotopic (exact) mass is 319 g/mol. The number of hydrogen-bond donors (Lipinski definition) is 0. The molecule has 0 fully saturated rings. The number of hydrogen-bond acceptors (Lipinski definition) is 5. The van der Waals surface area contributed by atoms with Crippen molar-refractivity contribution < 1.29 is 18.1 Å². The topological polar surface area (TPSA) is 86.5 Å². The summed E-state index contributed by atoms with van der Waals surface area (Å²) in [7, 11) is 1.19. The summed E-state index contributed by atoms with van der Waals surface area (Å²) in [4.78, 5) is 9.98. The number of halogens is 1. The van der Waals surface area contributed by atoms with E-state index in [4.69, 9.17) is 15.4 Å². The molecule has 0 N–H and O–H groups in total. The van der Waals surface area contributed by atoms with Gasteiger partial charge in [-0.25, -0.2) is 8.42 Å². The lowest BCUT2D eigenvalue weighted by molar-refractivity contribution is -0.386. The molecule has 0 saturated carbocycles. The van der Waals surface area contributed by atoms with Crippen LogP contribution >= 0.6 is 10.7 Å². The molecule has 1 aromatic carbocycles. The number of aryl methyl sites for hydroxylation is 1. The Bertz CT molecular complexity index is 654. The van der Waals surface area contributed by atoms with Crippen LogP contribution < -0.4 is 4.74 Å². The van der Waals surface area contributed by atoms with E-state index in [-0.39, 0.29) is 22.8 Å². The highest BCUT2D eigenvalue weighted by Crippen LogP contribution is 2.34. The molecule has 0 radical (unpaired) electrons. The van der Waals surface area contributed by atoms with Crippen molar-refractivity contribution in [2.45, 2.75) is 25.2 Å². The first kappa shape index (κ1) is 16.5. The van der Waals surface area contributed by atoms with Gasteiger partial charge in [-0.05, 0) is 30.5 Å². The first-order chi connectivity index (χ1) is 9.16. The molecule has 0 saturated heterocycles. The average molecular weight is 320 g/mol. The Morgan fingerprint density at radius 1 is 1.50 bits per heavy atom. The van der Waals surface area contributed by atoms with Crippen molar-refractivity contribution in [1.29, 1.82) is 0 Å². The van der Waals surface area contributed by atoms with Gasteiger partial charge in [-0.15, -0.1) is 0 Å². The summed E-state index contributed by atoms with van der Waals surface area (Å²) < 4.78 is 28.0. The summed E-state index contributed by atoms with van der Waals surface area (Å²) in [6, 6.07) is 2.19. The molecule has 0 heterocycles. The molecule has 6 nitrogen and oxygen atoms in total. The summed E-state index contributed by atoms with van der Waals surface area (Å²) in [6.45, 7) is 7.23. The third-order valence-corrected chi connectivity index (χ3v) is 4.11. The standard InChI is InChI=1S/C12H14ClNO5S/c1-4-8(2)7-19-11-5-9(3)12(20(13,17)18)6-10(11)14(15)16/h5-6H,2,4,7H2,1,3H3. The zero-order chi connectivity index (χ0) is 15.5. The Kier molecular flexibility index (Phi) is 5.13. The van der Waals surface area contributed by atoms with Crippen molar-refractivity contribution in [3.05, 3.63) is 40.0 Å². The lowest BCUT2D eigenvalue weighted by Crippen LogP contribution is -2.05. The van der Waals surface area contributed by atoms with Crippen LogP contribution in [0.3, 0.4) is 0 Å². The molecule has 0 aliphatic carbocycles. The van der Waals surface area contributed by atoms with E-state index < -0.39 is 19.7 Å². The summed E-state index contributed by atoms with van der Waals surface area (Å²) in [6.07, 6.45) is 0.681. The molecule has 20 heavy (non-hydrogen) atoms. The van der Waals surface area contributed by atoms with Gasteiger partial charge in [-0.3, -0.25) is 10.1 Å². The number of nitro groups is 1. The highest BCUT2D eigenvalue weighted by atomic mass is 35.7. The Labute approximate surface area is 121 Å². The number of nitrogens with zero attached hydrogens (tertiary/aromatic N) is 1. The largest absolute Gasteiger partial charge is 0.482 e. The average Bonchev–Trinajstić information content (AvgIpc) is 2.33. The quantitative estimate of drug-likeness (QED) is 0.348. The number of ether oxygens (including phenoxy) is 1. The second-order valence-electron chi connectivity index (χ2n) is 4.17. The van der Waals surface area contributed by atoms with Crippen LogP contribution in [0.2, 0.25) is 0 Å². The van der Waals surface area contributed by atoms with Crippen molar-refractivity contribution in [1.82, 2.24) is 0 Å². The van der Waals surface area contributed by atoms with E-state index >= 15 is 0 Å². The van der Waals surface area contributed by atoms with Crippen LogP contribution in [0.15, 0.2) is 29.2 Å². The predicted octanol–water partition coefficient (Wildman–Crippen LogP) is 3.18. The Hall–Kier alpha value is -1.60. The molecule has 0 amide bonds. The lowest BCUT2D eigenvalue weighted by atomic mass is 10.2. The maximum Gasteiger partial charge on any atom is 0.312 e. The maximum absolute atomic E-state index is 11.3. The Morgan fingerprint density at radius 3 is 2.55 bits per heavy atom. The van der Waals surface area contributed by atoms with E-state index in [1.54, 1.807) is 0 Å². The van der Waals surface area contributed by atoms with E-state index in [1.807, 2.05) is 6.92 Å². The first-order valence-electron chi connectivity index (χ1n) is 5.70. The highest BCUT2D eigenvalue weighted by Gasteiger charge is 2.23. The van der Waals surface area contributed by atoms with Crippen LogP contribution in [-0.2, 0) is 9.05 Å². The summed E-state index contributed by atoms with van der Waals surface area (Å²) in [5.74, 6) is -0.00818. The van der Waals surface area contributed by atoms with Gasteiger partial charge in [0.05, 0.1) is 9.82 Å². The van der Waals surface area contributed by atoms with Gasteiger partial charge in [0.15, 0.2) is 5.75 Å². The van der Waals surface area contributed by atoms with Gasteiger partial charge in [-0.2, -0.15) is 0 Å². The predicted molar refractivity (Wildman–Crippen MR) is 75.8 cm³/mol. The summed E-state index contributed by atoms with van der Waals surface area (Å²) in [5, 5.41) is 11.0. The van der Waals surface area contributed by atoms with Crippen molar-refractivity contribution in [2.75, 3.05) is 6.61 Å². The zero-order valence-corrected chi connectivity index (χ0v) is 12.6. The fourth-order valence-corrected chi connectivity index (χ4v) is 2.65. The minimum absolute atomic E-state index is 0.00818. The third kappa shape index (κ3) is 3.94. The second-order valence-corrected chi connectivity index (χ2v) is 6.71. The molecule has 8 heteroatoms. The van der Waals surface area contributed by atoms with Crippen molar-refractivity contribution >= 4 is 25.4 Å². The molecule has 110 valence electrons. The molecule has 0 spiro atoms. The van der Waals surface area contributed by atoms with Crippen molar-refractivity contribution in [3.63, 3.8) is 0 Å². The van der Waals surface area contributed by atoms with Gasteiger partial charge in [0.2, 0.25) is 0 Å². The molecule has 0 aliphatic heterocycles. The molecular formula is C12H14ClNO5S. The molecule has 0 atom stereocenters. The molecule has 0 aromatic heterocycles. The van der Waals surface area contributed by atoms with E-state index in [0.717, 1.165) is 11.6 Å². The van der Waals surface area contributed by atoms with Gasteiger partial charge in [-0.1, -0.05) is 13.5 Å². The number of rotatable bonds is 6. The smallest absolute Gasteiger partial charge is 0.312 e. The number of benzene rings is 1. The van der Waals surface area contributed by atoms with Gasteiger partial charge >= 0.3 is 5.69 Å². The maximum atomic E-state index is 11.3. The first-order valence-corrected chi connectivity index (χ1v) is 8.01. The van der Waals surface area contributed by atoms with Crippen LogP contribution in [0.5, 0.6) is 5.75 Å². The Balaban J connectivity index is 3.29. The lowest BCUT2D eigenvalue weighted by Gasteiger charge is -2.10. The molecule has 0 bridgehead atoms. The van der Waals surface area contributed by atoms with Crippen LogP contribution in [-0.4, -0.2) is 19.9 Å². The summed E-state index contributed by atoms with van der Waals surface area (Å²) in [5.41, 5.74) is 0.604. The minimum atomic E-state index is -4.05. The van der Waals surface area contributed by atoms with Crippen LogP contribution in [0.1, 0.15) is 18.9 Å². The second kappa shape index (κ2) is 6.23. The molecule has 0 aliphatic rings. The molecule has 1 rings (SSSR count).